The number of aromatic nitrogens is 3. The molecule has 0 bridgehead atoms. The predicted octanol–water partition coefficient (Wildman–Crippen LogP) is 4.71. The van der Waals surface area contributed by atoms with Gasteiger partial charge in [-0.1, -0.05) is 42.5 Å². The highest BCUT2D eigenvalue weighted by atomic mass is 31.2. The summed E-state index contributed by atoms with van der Waals surface area (Å²) in [6.07, 6.45) is 7.38. The molecule has 5 aromatic rings. The highest BCUT2D eigenvalue weighted by molar-refractivity contribution is 7.46. The molecule has 2 amide bonds. The van der Waals surface area contributed by atoms with Gasteiger partial charge in [0.25, 0.3) is 11.8 Å². The Labute approximate surface area is 259 Å². The minimum Gasteiger partial charge on any atom is -0.350 e. The van der Waals surface area contributed by atoms with Gasteiger partial charge in [0.15, 0.2) is 0 Å². The molecule has 0 aliphatic carbocycles. The lowest BCUT2D eigenvalue weighted by atomic mass is 9.95. The van der Waals surface area contributed by atoms with Crippen LogP contribution in [0.4, 0.5) is 0 Å². The minimum atomic E-state index is -4.95. The number of carbonyl (C=O) groups is 2. The molecule has 1 fully saturated rings. The standard InChI is InChI=1S/C33H32N5O6P/c1-35-19-26(24-9-2-4-11-28(24)35)30-31(33(40)38(32(30)39)21-44-45(41,42)43)27-20-37(29-12-5-3-10-25(27)29)23-13-16-36(17-14-23)18-22-8-6-7-15-34-22/h2-12,15,19-20,23H,13-14,16-18,21H2,1H3,(H2,41,42,43). The summed E-state index contributed by atoms with van der Waals surface area (Å²) >= 11 is 0. The van der Waals surface area contributed by atoms with Crippen molar-refractivity contribution in [3.05, 3.63) is 102 Å². The van der Waals surface area contributed by atoms with Crippen molar-refractivity contribution in [2.24, 2.45) is 7.05 Å². The topological polar surface area (TPSA) is 130 Å². The number of fused-ring (bicyclic) bond motifs is 2. The fraction of sp³-hybridized carbons (Fsp3) is 0.242. The maximum atomic E-state index is 14.1. The van der Waals surface area contributed by atoms with Crippen LogP contribution in [0.2, 0.25) is 0 Å². The van der Waals surface area contributed by atoms with Crippen molar-refractivity contribution in [3.8, 4) is 0 Å². The Bertz CT molecular complexity index is 2020. The van der Waals surface area contributed by atoms with Gasteiger partial charge in [-0.05, 0) is 37.1 Å². The molecule has 0 saturated carbocycles. The van der Waals surface area contributed by atoms with Crippen LogP contribution in [0.15, 0.2) is 85.3 Å². The van der Waals surface area contributed by atoms with Crippen LogP contribution in [0.3, 0.4) is 0 Å². The molecule has 12 heteroatoms. The van der Waals surface area contributed by atoms with Gasteiger partial charge in [0.1, 0.15) is 6.73 Å². The first kappa shape index (κ1) is 29.3. The van der Waals surface area contributed by atoms with Gasteiger partial charge in [0, 0.05) is 84.2 Å². The third kappa shape index (κ3) is 5.43. The smallest absolute Gasteiger partial charge is 0.350 e. The van der Waals surface area contributed by atoms with Crippen molar-refractivity contribution >= 4 is 52.6 Å². The van der Waals surface area contributed by atoms with Crippen LogP contribution in [0.5, 0.6) is 0 Å². The molecule has 0 radical (unpaired) electrons. The number of carbonyl (C=O) groups excluding carboxylic acids is 2. The molecule has 0 unspecified atom stereocenters. The maximum Gasteiger partial charge on any atom is 0.471 e. The van der Waals surface area contributed by atoms with Crippen molar-refractivity contribution in [1.29, 1.82) is 0 Å². The zero-order chi connectivity index (χ0) is 31.3. The van der Waals surface area contributed by atoms with Crippen molar-refractivity contribution in [2.75, 3.05) is 19.8 Å². The lowest BCUT2D eigenvalue weighted by Crippen LogP contribution is -2.34. The zero-order valence-corrected chi connectivity index (χ0v) is 25.5. The van der Waals surface area contributed by atoms with Crippen LogP contribution in [0, 0.1) is 0 Å². The first-order valence-corrected chi connectivity index (χ1v) is 16.3. The number of amides is 2. The highest BCUT2D eigenvalue weighted by Crippen LogP contribution is 2.44. The predicted molar refractivity (Wildman–Crippen MR) is 169 cm³/mol. The average Bonchev–Trinajstić information content (AvgIpc) is 3.65. The lowest BCUT2D eigenvalue weighted by Gasteiger charge is -2.33. The third-order valence-corrected chi connectivity index (χ3v) is 9.21. The second-order valence-corrected chi connectivity index (χ2v) is 12.7. The zero-order valence-electron chi connectivity index (χ0n) is 24.6. The van der Waals surface area contributed by atoms with Crippen LogP contribution in [0.1, 0.15) is 35.7 Å². The number of phosphoric ester groups is 1. The van der Waals surface area contributed by atoms with Gasteiger partial charge >= 0.3 is 7.82 Å². The Balaban J connectivity index is 1.31. The summed E-state index contributed by atoms with van der Waals surface area (Å²) < 4.78 is 20.3. The lowest BCUT2D eigenvalue weighted by molar-refractivity contribution is -0.139. The number of piperidine rings is 1. The van der Waals surface area contributed by atoms with E-state index in [0.29, 0.717) is 11.1 Å². The van der Waals surface area contributed by atoms with Gasteiger partial charge in [-0.25, -0.2) is 9.46 Å². The molecule has 2 N–H and O–H groups in total. The maximum absolute atomic E-state index is 14.1. The van der Waals surface area contributed by atoms with Gasteiger partial charge in [0.2, 0.25) is 0 Å². The monoisotopic (exact) mass is 625 g/mol. The number of hydrogen-bond donors (Lipinski definition) is 2. The molecule has 2 aliphatic rings. The van der Waals surface area contributed by atoms with E-state index in [9.17, 15) is 23.9 Å². The molecule has 2 aliphatic heterocycles. The summed E-state index contributed by atoms with van der Waals surface area (Å²) in [7, 11) is -3.08. The highest BCUT2D eigenvalue weighted by Gasteiger charge is 2.42. The summed E-state index contributed by atoms with van der Waals surface area (Å²) in [6.45, 7) is 1.69. The molecule has 1 saturated heterocycles. The second kappa shape index (κ2) is 11.5. The molecule has 7 rings (SSSR count). The number of para-hydroxylation sites is 2. The van der Waals surface area contributed by atoms with E-state index in [2.05, 4.69) is 19.0 Å². The molecule has 45 heavy (non-hydrogen) atoms. The van der Waals surface area contributed by atoms with Gasteiger partial charge < -0.3 is 18.9 Å². The fourth-order valence-electron chi connectivity index (χ4n) is 6.65. The van der Waals surface area contributed by atoms with Gasteiger partial charge in [0.05, 0.1) is 16.8 Å². The third-order valence-electron chi connectivity index (χ3n) is 8.76. The van der Waals surface area contributed by atoms with Crippen molar-refractivity contribution < 1.29 is 28.5 Å². The molecule has 11 nitrogen and oxygen atoms in total. The van der Waals surface area contributed by atoms with Crippen LogP contribution in [-0.2, 0) is 32.3 Å². The van der Waals surface area contributed by atoms with E-state index < -0.39 is 26.4 Å². The number of phosphoric acid groups is 1. The van der Waals surface area contributed by atoms with E-state index in [4.69, 9.17) is 0 Å². The Morgan fingerprint density at radius 1 is 0.844 bits per heavy atom. The van der Waals surface area contributed by atoms with Crippen LogP contribution < -0.4 is 0 Å². The Hall–Kier alpha value is -4.38. The normalized spacial score (nSPS) is 17.0. The van der Waals surface area contributed by atoms with E-state index in [-0.39, 0.29) is 17.2 Å². The van der Waals surface area contributed by atoms with Crippen molar-refractivity contribution in [1.82, 2.24) is 23.9 Å². The van der Waals surface area contributed by atoms with E-state index >= 15 is 0 Å². The Kier molecular flexibility index (Phi) is 7.51. The number of imide groups is 1. The summed E-state index contributed by atoms with van der Waals surface area (Å²) in [5.74, 6) is -1.33. The Morgan fingerprint density at radius 3 is 2.09 bits per heavy atom. The number of benzene rings is 2. The van der Waals surface area contributed by atoms with E-state index in [1.807, 2.05) is 96.9 Å². The molecular weight excluding hydrogens is 593 g/mol. The van der Waals surface area contributed by atoms with E-state index in [1.165, 1.54) is 0 Å². The van der Waals surface area contributed by atoms with Crippen molar-refractivity contribution in [3.63, 3.8) is 0 Å². The second-order valence-electron chi connectivity index (χ2n) is 11.5. The summed E-state index contributed by atoms with van der Waals surface area (Å²) in [4.78, 5) is 54.4. The van der Waals surface area contributed by atoms with Crippen molar-refractivity contribution in [2.45, 2.75) is 25.4 Å². The number of hydrogen-bond acceptors (Lipinski definition) is 6. The molecule has 0 spiro atoms. The van der Waals surface area contributed by atoms with Gasteiger partial charge in [-0.2, -0.15) is 0 Å². The number of rotatable bonds is 8. The molecule has 5 heterocycles. The number of pyridine rings is 1. The fourth-order valence-corrected chi connectivity index (χ4v) is 6.92. The number of nitrogens with zero attached hydrogens (tertiary/aromatic N) is 5. The molecule has 2 aromatic carbocycles. The average molecular weight is 626 g/mol. The number of likely N-dealkylation sites (tertiary alicyclic amines) is 1. The Morgan fingerprint density at radius 2 is 1.44 bits per heavy atom. The number of aryl methyl sites for hydroxylation is 1. The van der Waals surface area contributed by atoms with E-state index in [0.717, 1.165) is 64.9 Å². The quantitative estimate of drug-likeness (QED) is 0.187. The van der Waals surface area contributed by atoms with Crippen LogP contribution >= 0.6 is 7.82 Å². The molecule has 0 atom stereocenters. The van der Waals surface area contributed by atoms with Crippen LogP contribution in [0.25, 0.3) is 33.0 Å². The summed E-state index contributed by atoms with van der Waals surface area (Å²) in [5, 5.41) is 1.61. The van der Waals surface area contributed by atoms with Gasteiger partial charge in [-0.3, -0.25) is 24.0 Å². The summed E-state index contributed by atoms with van der Waals surface area (Å²) in [6, 6.07) is 21.5. The minimum absolute atomic E-state index is 0.173. The van der Waals surface area contributed by atoms with Gasteiger partial charge in [-0.15, -0.1) is 0 Å². The van der Waals surface area contributed by atoms with Crippen LogP contribution in [-0.4, -0.2) is 65.3 Å². The molecule has 3 aromatic heterocycles. The molecular formula is C33H32N5O6P. The largest absolute Gasteiger partial charge is 0.471 e. The first-order valence-electron chi connectivity index (χ1n) is 14.8. The summed E-state index contributed by atoms with van der Waals surface area (Å²) in [5.41, 5.74) is 4.40. The SMILES string of the molecule is Cn1cc(C2=C(c3cn(C4CCN(Cc5ccccn5)CC4)c4ccccc34)C(=O)N(COP(=O)(O)O)C2=O)c2ccccc21. The first-order chi connectivity index (χ1) is 21.7. The van der Waals surface area contributed by atoms with E-state index in [1.54, 1.807) is 0 Å². The molecule has 230 valence electrons.